The Morgan fingerprint density at radius 3 is 1.39 bits per heavy atom. The minimum Gasteiger partial charge on any atom is -0.508 e. The minimum absolute atomic E-state index is 0.0389. The van der Waals surface area contributed by atoms with Crippen LogP contribution in [0.5, 0.6) is 11.5 Å². The van der Waals surface area contributed by atoms with E-state index in [0.29, 0.717) is 33.2 Å². The SMILES string of the molecule is N[C@@H](Cc1ccccc1)C(=O)N[C@@H](CC(=O)O)C(=O)N[C@@H](Cc1ccc(O)cc1)C(=O)N[C@@H](CC(=O)O)C(=O)N[C@@H](Cc1c[nH]c2ccccc12)C(=O)N[C@@H](Cc1ccc(O)cc1)C(=O)O. The fraction of sp³-hybridized carbons (Fsp3) is 0.261. The van der Waals surface area contributed by atoms with Crippen LogP contribution >= 0.6 is 0 Å². The number of para-hydroxylation sites is 1. The van der Waals surface area contributed by atoms with Crippen molar-refractivity contribution in [2.24, 2.45) is 5.73 Å². The van der Waals surface area contributed by atoms with Gasteiger partial charge in [0.15, 0.2) is 0 Å². The van der Waals surface area contributed by atoms with E-state index in [4.69, 9.17) is 5.73 Å². The number of aliphatic carboxylic acids is 3. The Bertz CT molecular complexity index is 2530. The van der Waals surface area contributed by atoms with Crippen molar-refractivity contribution >= 4 is 58.3 Å². The molecule has 0 aliphatic rings. The number of phenolic OH excluding ortho intramolecular Hbond substituents is 2. The molecule has 5 rings (SSSR count). The number of nitrogens with two attached hydrogens (primary N) is 1. The molecule has 66 heavy (non-hydrogen) atoms. The van der Waals surface area contributed by atoms with Crippen LogP contribution in [-0.4, -0.2) is 114 Å². The van der Waals surface area contributed by atoms with Crippen LogP contribution in [0.25, 0.3) is 10.9 Å². The highest BCUT2D eigenvalue weighted by atomic mass is 16.4. The number of aromatic amines is 1. The molecule has 0 unspecified atom stereocenters. The second-order valence-electron chi connectivity index (χ2n) is 15.4. The summed E-state index contributed by atoms with van der Waals surface area (Å²) in [5.41, 5.74) is 8.73. The molecule has 0 spiro atoms. The molecule has 4 aromatic carbocycles. The lowest BCUT2D eigenvalue weighted by Crippen LogP contribution is -2.60. The lowest BCUT2D eigenvalue weighted by Gasteiger charge is -2.27. The summed E-state index contributed by atoms with van der Waals surface area (Å²) < 4.78 is 0. The van der Waals surface area contributed by atoms with E-state index in [0.717, 1.165) is 0 Å². The number of carbonyl (C=O) groups excluding carboxylic acids is 5. The van der Waals surface area contributed by atoms with Gasteiger partial charge in [0.25, 0.3) is 0 Å². The Hall–Kier alpha value is -8.26. The van der Waals surface area contributed by atoms with E-state index < -0.39 is 96.5 Å². The number of nitrogens with one attached hydrogen (secondary N) is 6. The molecule has 1 aromatic heterocycles. The van der Waals surface area contributed by atoms with E-state index in [9.17, 15) is 63.9 Å². The van der Waals surface area contributed by atoms with Crippen molar-refractivity contribution in [3.63, 3.8) is 0 Å². The Morgan fingerprint density at radius 1 is 0.470 bits per heavy atom. The van der Waals surface area contributed by atoms with Crippen molar-refractivity contribution in [2.75, 3.05) is 0 Å². The molecule has 0 radical (unpaired) electrons. The summed E-state index contributed by atoms with van der Waals surface area (Å²) >= 11 is 0. The molecule has 0 bridgehead atoms. The van der Waals surface area contributed by atoms with Gasteiger partial charge in [0, 0.05) is 36.4 Å². The summed E-state index contributed by atoms with van der Waals surface area (Å²) in [7, 11) is 0. The maximum atomic E-state index is 14.1. The first-order chi connectivity index (χ1) is 31.4. The molecule has 0 fully saturated rings. The number of rotatable bonds is 23. The lowest BCUT2D eigenvalue weighted by molar-refractivity contribution is -0.143. The summed E-state index contributed by atoms with van der Waals surface area (Å²) in [4.78, 5) is 109. The molecule has 346 valence electrons. The molecule has 13 N–H and O–H groups in total. The Balaban J connectivity index is 1.39. The van der Waals surface area contributed by atoms with Gasteiger partial charge in [0.1, 0.15) is 41.7 Å². The molecule has 0 aliphatic carbocycles. The number of benzene rings is 4. The predicted octanol–water partition coefficient (Wildman–Crippen LogP) is 0.635. The summed E-state index contributed by atoms with van der Waals surface area (Å²) in [5, 5.41) is 61.7. The van der Waals surface area contributed by atoms with Gasteiger partial charge in [-0.15, -0.1) is 0 Å². The Labute approximate surface area is 376 Å². The molecule has 0 aliphatic heterocycles. The quantitative estimate of drug-likeness (QED) is 0.0428. The first-order valence-corrected chi connectivity index (χ1v) is 20.5. The van der Waals surface area contributed by atoms with Crippen LogP contribution in [0.2, 0.25) is 0 Å². The summed E-state index contributed by atoms with van der Waals surface area (Å²) in [5.74, 6) is -10.0. The molecule has 6 atom stereocenters. The first kappa shape index (κ1) is 48.8. The van der Waals surface area contributed by atoms with Gasteiger partial charge >= 0.3 is 17.9 Å². The summed E-state index contributed by atoms with van der Waals surface area (Å²) in [6.45, 7) is 0. The van der Waals surface area contributed by atoms with E-state index in [2.05, 4.69) is 31.6 Å². The van der Waals surface area contributed by atoms with Gasteiger partial charge < -0.3 is 62.8 Å². The highest BCUT2D eigenvalue weighted by Gasteiger charge is 2.35. The van der Waals surface area contributed by atoms with E-state index in [1.54, 1.807) is 60.8 Å². The third-order valence-corrected chi connectivity index (χ3v) is 10.4. The second-order valence-corrected chi connectivity index (χ2v) is 15.4. The van der Waals surface area contributed by atoms with E-state index in [1.807, 2.05) is 0 Å². The number of carboxylic acid groups (broad SMARTS) is 3. The van der Waals surface area contributed by atoms with Crippen molar-refractivity contribution in [1.82, 2.24) is 31.6 Å². The molecule has 5 aromatic rings. The smallest absolute Gasteiger partial charge is 0.326 e. The molecule has 1 heterocycles. The topological polar surface area (TPSA) is 340 Å². The van der Waals surface area contributed by atoms with Gasteiger partial charge in [0.2, 0.25) is 29.5 Å². The number of amides is 5. The lowest BCUT2D eigenvalue weighted by atomic mass is 10.0. The third-order valence-electron chi connectivity index (χ3n) is 10.4. The third kappa shape index (κ3) is 14.4. The Morgan fingerprint density at radius 2 is 0.879 bits per heavy atom. The average molecular weight is 908 g/mol. The van der Waals surface area contributed by atoms with Crippen LogP contribution in [-0.2, 0) is 64.0 Å². The van der Waals surface area contributed by atoms with Gasteiger partial charge in [-0.1, -0.05) is 72.8 Å². The zero-order valence-electron chi connectivity index (χ0n) is 35.2. The number of hydrogen-bond donors (Lipinski definition) is 12. The standard InChI is InChI=1S/C46H49N7O13/c47-32(18-25-6-2-1-3-7-25)41(60)49-36(22-39(56)57)44(63)50-34(19-26-10-14-29(54)15-11-26)42(61)52-37(23-40(58)59)45(64)51-35(21-28-24-48-33-9-5-4-8-31(28)33)43(62)53-38(46(65)66)20-27-12-16-30(55)17-13-27/h1-17,24,32,34-38,48,54-55H,18-23,47H2,(H,49,60)(H,50,63)(H,51,64)(H,52,61)(H,53,62)(H,56,57)(H,58,59)(H,65,66)/t32-,34-,35-,36-,37-,38-/m0/s1. The number of H-pyrrole nitrogens is 1. The number of phenols is 2. The Kier molecular flexibility index (Phi) is 16.9. The fourth-order valence-corrected chi connectivity index (χ4v) is 6.97. The highest BCUT2D eigenvalue weighted by Crippen LogP contribution is 2.20. The number of carboxylic acids is 3. The molecule has 5 amide bonds. The van der Waals surface area contributed by atoms with Gasteiger partial charge in [-0.05, 0) is 59.0 Å². The molecule has 20 heteroatoms. The molecule has 20 nitrogen and oxygen atoms in total. The minimum atomic E-state index is -1.93. The molecular formula is C46H49N7O13. The van der Waals surface area contributed by atoms with Crippen LogP contribution < -0.4 is 32.3 Å². The fourth-order valence-electron chi connectivity index (χ4n) is 6.97. The number of aromatic nitrogens is 1. The van der Waals surface area contributed by atoms with E-state index >= 15 is 0 Å². The summed E-state index contributed by atoms with van der Waals surface area (Å²) in [6, 6.07) is 17.0. The van der Waals surface area contributed by atoms with Gasteiger partial charge in [-0.2, -0.15) is 0 Å². The normalized spacial score (nSPS) is 13.7. The zero-order chi connectivity index (χ0) is 47.9. The number of aromatic hydroxyl groups is 2. The van der Waals surface area contributed by atoms with Gasteiger partial charge in [0.05, 0.1) is 18.9 Å². The zero-order valence-corrected chi connectivity index (χ0v) is 35.2. The maximum Gasteiger partial charge on any atom is 0.326 e. The number of fused-ring (bicyclic) bond motifs is 1. The van der Waals surface area contributed by atoms with Crippen molar-refractivity contribution in [3.05, 3.63) is 132 Å². The summed E-state index contributed by atoms with van der Waals surface area (Å²) in [6.07, 6.45) is -1.20. The predicted molar refractivity (Wildman–Crippen MR) is 236 cm³/mol. The second kappa shape index (κ2) is 22.9. The van der Waals surface area contributed by atoms with Crippen molar-refractivity contribution < 1.29 is 63.9 Å². The largest absolute Gasteiger partial charge is 0.508 e. The monoisotopic (exact) mass is 907 g/mol. The van der Waals surface area contributed by atoms with Crippen molar-refractivity contribution in [3.8, 4) is 11.5 Å². The molecule has 0 saturated carbocycles. The maximum absolute atomic E-state index is 14.1. The average Bonchev–Trinajstić information content (AvgIpc) is 3.68. The molecule has 0 saturated heterocycles. The van der Waals surface area contributed by atoms with Crippen LogP contribution in [0.3, 0.4) is 0 Å². The first-order valence-electron chi connectivity index (χ1n) is 20.5. The van der Waals surface area contributed by atoms with Crippen LogP contribution in [0, 0.1) is 0 Å². The van der Waals surface area contributed by atoms with Crippen LogP contribution in [0.4, 0.5) is 0 Å². The van der Waals surface area contributed by atoms with Crippen LogP contribution in [0.15, 0.2) is 109 Å². The van der Waals surface area contributed by atoms with Crippen molar-refractivity contribution in [1.29, 1.82) is 0 Å². The van der Waals surface area contributed by atoms with Gasteiger partial charge in [-0.3, -0.25) is 33.6 Å². The van der Waals surface area contributed by atoms with Crippen molar-refractivity contribution in [2.45, 2.75) is 74.8 Å². The van der Waals surface area contributed by atoms with Crippen LogP contribution in [0.1, 0.15) is 35.1 Å². The molecular weight excluding hydrogens is 859 g/mol. The number of carbonyl (C=O) groups is 8. The number of hydrogen-bond acceptors (Lipinski definition) is 11. The van der Waals surface area contributed by atoms with E-state index in [-0.39, 0.29) is 37.2 Å². The highest BCUT2D eigenvalue weighted by molar-refractivity contribution is 5.98. The van der Waals surface area contributed by atoms with Gasteiger partial charge in [-0.25, -0.2) is 4.79 Å². The van der Waals surface area contributed by atoms with E-state index in [1.165, 1.54) is 48.5 Å².